The largest absolute Gasteiger partial charge is 0.372 e. The van der Waals surface area contributed by atoms with E-state index in [1.807, 2.05) is 62.9 Å². The van der Waals surface area contributed by atoms with E-state index in [9.17, 15) is 0 Å². The second kappa shape index (κ2) is 12.9. The van der Waals surface area contributed by atoms with Gasteiger partial charge in [-0.15, -0.1) is 0 Å². The van der Waals surface area contributed by atoms with Gasteiger partial charge in [-0.25, -0.2) is 9.97 Å². The molecule has 10 heteroatoms. The van der Waals surface area contributed by atoms with Crippen molar-refractivity contribution in [2.75, 3.05) is 50.9 Å². The van der Waals surface area contributed by atoms with Gasteiger partial charge in [0, 0.05) is 49.4 Å². The van der Waals surface area contributed by atoms with E-state index >= 15 is 0 Å². The number of hydrogen-bond donors (Lipinski definition) is 2. The maximum absolute atomic E-state index is 7.07. The highest BCUT2D eigenvalue weighted by Gasteiger charge is 2.21. The van der Waals surface area contributed by atoms with Crippen LogP contribution in [0.4, 0.5) is 11.6 Å². The highest BCUT2D eigenvalue weighted by molar-refractivity contribution is 6.39. The summed E-state index contributed by atoms with van der Waals surface area (Å²) in [4.78, 5) is 24.2. The molecule has 2 fully saturated rings. The Bertz CT molecular complexity index is 1450. The fourth-order valence-electron chi connectivity index (χ4n) is 5.90. The van der Waals surface area contributed by atoms with Gasteiger partial charge in [0.15, 0.2) is 0 Å². The zero-order valence-electron chi connectivity index (χ0n) is 24.1. The molecule has 0 amide bonds. The van der Waals surface area contributed by atoms with Gasteiger partial charge in [-0.2, -0.15) is 0 Å². The zero-order valence-corrected chi connectivity index (χ0v) is 25.6. The van der Waals surface area contributed by atoms with Crippen molar-refractivity contribution in [2.45, 2.75) is 38.8 Å². The fraction of sp³-hybridized carbons (Fsp3) is 0.375. The van der Waals surface area contributed by atoms with Crippen LogP contribution in [0.15, 0.2) is 48.8 Å². The third kappa shape index (κ3) is 5.95. The third-order valence-corrected chi connectivity index (χ3v) is 8.97. The minimum Gasteiger partial charge on any atom is -0.372 e. The second-order valence-corrected chi connectivity index (χ2v) is 11.7. The van der Waals surface area contributed by atoms with Gasteiger partial charge in [0.05, 0.1) is 45.2 Å². The predicted molar refractivity (Wildman–Crippen MR) is 172 cm³/mol. The van der Waals surface area contributed by atoms with Gasteiger partial charge in [0.25, 0.3) is 0 Å². The van der Waals surface area contributed by atoms with Crippen LogP contribution in [0.1, 0.15) is 37.1 Å². The smallest absolute Gasteiger partial charge is 0.149 e. The molecule has 0 unspecified atom stereocenters. The first-order chi connectivity index (χ1) is 20.6. The van der Waals surface area contributed by atoms with E-state index < -0.39 is 0 Å². The molecule has 0 atom stereocenters. The number of anilines is 2. The lowest BCUT2D eigenvalue weighted by Crippen LogP contribution is -2.20. The average molecular weight is 604 g/mol. The standard InChI is InChI=1S/C32H36Cl2N8/c1-35-31-27(19-41-13-3-4-14-41)37-17-25(39-31)23-11-7-9-21(29(23)33)22-10-8-12-24(30(22)34)26-18-38-28(32(36-2)40-26)20-42-15-5-6-16-42/h7-12,17-18H,3-6,13-16,19-20H2,1-2H3,(H,35,39)(H,36,40). The summed E-state index contributed by atoms with van der Waals surface area (Å²) in [5.74, 6) is 1.54. The Morgan fingerprint density at radius 1 is 0.619 bits per heavy atom. The second-order valence-electron chi connectivity index (χ2n) is 10.9. The molecule has 0 spiro atoms. The topological polar surface area (TPSA) is 82.1 Å². The van der Waals surface area contributed by atoms with E-state index in [0.717, 1.165) is 84.5 Å². The van der Waals surface area contributed by atoms with Crippen molar-refractivity contribution in [1.29, 1.82) is 0 Å². The van der Waals surface area contributed by atoms with Crippen LogP contribution in [0.3, 0.4) is 0 Å². The lowest BCUT2D eigenvalue weighted by Gasteiger charge is -2.18. The molecule has 8 nitrogen and oxygen atoms in total. The first-order valence-electron chi connectivity index (χ1n) is 14.7. The van der Waals surface area contributed by atoms with E-state index in [-0.39, 0.29) is 0 Å². The number of rotatable bonds is 9. The number of hydrogen-bond acceptors (Lipinski definition) is 8. The Morgan fingerprint density at radius 2 is 1.00 bits per heavy atom. The molecule has 2 aliphatic heterocycles. The van der Waals surface area contributed by atoms with Crippen molar-refractivity contribution < 1.29 is 0 Å². The molecule has 4 heterocycles. The molecule has 2 N–H and O–H groups in total. The normalized spacial score (nSPS) is 15.8. The molecule has 2 aromatic carbocycles. The summed E-state index contributed by atoms with van der Waals surface area (Å²) in [7, 11) is 3.76. The van der Waals surface area contributed by atoms with Crippen LogP contribution in [0.2, 0.25) is 10.0 Å². The van der Waals surface area contributed by atoms with E-state index in [4.69, 9.17) is 43.1 Å². The van der Waals surface area contributed by atoms with Crippen LogP contribution in [0.5, 0.6) is 0 Å². The molecule has 4 aromatic rings. The quantitative estimate of drug-likeness (QED) is 0.215. The van der Waals surface area contributed by atoms with Crippen molar-refractivity contribution >= 4 is 34.8 Å². The molecular formula is C32H36Cl2N8. The van der Waals surface area contributed by atoms with Gasteiger partial charge < -0.3 is 10.6 Å². The summed E-state index contributed by atoms with van der Waals surface area (Å²) in [6.07, 6.45) is 8.57. The lowest BCUT2D eigenvalue weighted by atomic mass is 9.98. The van der Waals surface area contributed by atoms with Gasteiger partial charge in [-0.05, 0) is 51.9 Å². The summed E-state index contributed by atoms with van der Waals surface area (Å²) in [6.45, 7) is 5.99. The number of likely N-dealkylation sites (tertiary alicyclic amines) is 2. The monoisotopic (exact) mass is 602 g/mol. The Hall–Kier alpha value is -3.30. The zero-order chi connectivity index (χ0) is 29.1. The van der Waals surface area contributed by atoms with Gasteiger partial charge in [0.2, 0.25) is 0 Å². The fourth-order valence-corrected chi connectivity index (χ4v) is 6.55. The van der Waals surface area contributed by atoms with Gasteiger partial charge in [-0.1, -0.05) is 59.6 Å². The highest BCUT2D eigenvalue weighted by atomic mass is 35.5. The third-order valence-electron chi connectivity index (χ3n) is 8.15. The molecule has 42 heavy (non-hydrogen) atoms. The number of benzene rings is 2. The molecular weight excluding hydrogens is 567 g/mol. The van der Waals surface area contributed by atoms with Crippen LogP contribution >= 0.6 is 23.2 Å². The molecule has 2 aliphatic rings. The summed E-state index contributed by atoms with van der Waals surface area (Å²) in [5, 5.41) is 7.60. The molecule has 0 radical (unpaired) electrons. The summed E-state index contributed by atoms with van der Waals surface area (Å²) >= 11 is 14.1. The van der Waals surface area contributed by atoms with Crippen molar-refractivity contribution in [3.05, 3.63) is 70.2 Å². The van der Waals surface area contributed by atoms with E-state index in [2.05, 4.69) is 20.4 Å². The molecule has 218 valence electrons. The van der Waals surface area contributed by atoms with Crippen LogP contribution in [0.25, 0.3) is 33.6 Å². The van der Waals surface area contributed by atoms with Gasteiger partial charge in [0.1, 0.15) is 11.6 Å². The van der Waals surface area contributed by atoms with E-state index in [1.54, 1.807) is 0 Å². The molecule has 6 rings (SSSR count). The van der Waals surface area contributed by atoms with Gasteiger partial charge in [-0.3, -0.25) is 19.8 Å². The Balaban J connectivity index is 1.32. The number of halogens is 2. The maximum atomic E-state index is 7.07. The Labute approximate surface area is 257 Å². The van der Waals surface area contributed by atoms with Gasteiger partial charge >= 0.3 is 0 Å². The molecule has 2 aromatic heterocycles. The maximum Gasteiger partial charge on any atom is 0.149 e. The Kier molecular flexibility index (Phi) is 8.86. The lowest BCUT2D eigenvalue weighted by molar-refractivity contribution is 0.327. The summed E-state index contributed by atoms with van der Waals surface area (Å²) < 4.78 is 0. The number of aromatic nitrogens is 4. The van der Waals surface area contributed by atoms with Crippen molar-refractivity contribution in [3.8, 4) is 33.6 Å². The summed E-state index contributed by atoms with van der Waals surface area (Å²) in [5.41, 5.74) is 6.56. The van der Waals surface area contributed by atoms with Crippen LogP contribution < -0.4 is 10.6 Å². The molecule has 0 aliphatic carbocycles. The van der Waals surface area contributed by atoms with E-state index in [0.29, 0.717) is 21.4 Å². The SMILES string of the molecule is CNc1nc(-c2cccc(-c3cccc(-c4cnc(CN5CCCC5)c(NC)n4)c3Cl)c2Cl)cnc1CN1CCCC1. The minimum absolute atomic E-state index is 0.572. The first kappa shape index (κ1) is 28.8. The average Bonchev–Trinajstić information content (AvgIpc) is 3.73. The minimum atomic E-state index is 0.572. The van der Waals surface area contributed by atoms with E-state index in [1.165, 1.54) is 25.7 Å². The van der Waals surface area contributed by atoms with Crippen LogP contribution in [-0.2, 0) is 13.1 Å². The first-order valence-corrected chi connectivity index (χ1v) is 15.4. The van der Waals surface area contributed by atoms with Crippen molar-refractivity contribution in [1.82, 2.24) is 29.7 Å². The van der Waals surface area contributed by atoms with Crippen molar-refractivity contribution in [2.24, 2.45) is 0 Å². The predicted octanol–water partition coefficient (Wildman–Crippen LogP) is 6.85. The number of nitrogens with zero attached hydrogens (tertiary/aromatic N) is 6. The van der Waals surface area contributed by atoms with Crippen molar-refractivity contribution in [3.63, 3.8) is 0 Å². The molecule has 2 saturated heterocycles. The Morgan fingerprint density at radius 3 is 1.38 bits per heavy atom. The summed E-state index contributed by atoms with van der Waals surface area (Å²) in [6, 6.07) is 11.9. The van der Waals surface area contributed by atoms with Crippen LogP contribution in [0, 0.1) is 0 Å². The highest BCUT2D eigenvalue weighted by Crippen LogP contribution is 2.42. The van der Waals surface area contributed by atoms with Crippen LogP contribution in [-0.4, -0.2) is 70.0 Å². The molecule has 0 saturated carbocycles. The number of nitrogens with one attached hydrogen (secondary N) is 2. The molecule has 0 bridgehead atoms.